The molecular formula is C18H12N2O3S. The van der Waals surface area contributed by atoms with Crippen molar-refractivity contribution >= 4 is 43.6 Å². The zero-order valence-corrected chi connectivity index (χ0v) is 13.5. The van der Waals surface area contributed by atoms with Crippen molar-refractivity contribution in [1.82, 2.24) is 4.98 Å². The van der Waals surface area contributed by atoms with Crippen LogP contribution in [0.4, 0.5) is 5.13 Å². The second kappa shape index (κ2) is 5.58. The van der Waals surface area contributed by atoms with Gasteiger partial charge in [0.25, 0.3) is 5.91 Å². The van der Waals surface area contributed by atoms with Crippen LogP contribution in [0.15, 0.2) is 57.9 Å². The predicted molar refractivity (Wildman–Crippen MR) is 94.8 cm³/mol. The standard InChI is InChI=1S/C18H12N2O3S/c1-10-6-7-13-15(8-10)24-18(19-13)20-17(22)12-9-23-14-5-3-2-4-11(14)16(12)21/h2-9H,1H3,(H,19,20,22). The molecule has 0 atom stereocenters. The van der Waals surface area contributed by atoms with Crippen molar-refractivity contribution < 1.29 is 9.21 Å². The Bertz CT molecular complexity index is 1140. The van der Waals surface area contributed by atoms with E-state index in [-0.39, 0.29) is 11.0 Å². The Morgan fingerprint density at radius 3 is 2.92 bits per heavy atom. The molecular weight excluding hydrogens is 324 g/mol. The zero-order valence-electron chi connectivity index (χ0n) is 12.7. The number of nitrogens with one attached hydrogen (secondary N) is 1. The van der Waals surface area contributed by atoms with E-state index >= 15 is 0 Å². The first kappa shape index (κ1) is 14.6. The Hall–Kier alpha value is -2.99. The van der Waals surface area contributed by atoms with E-state index in [9.17, 15) is 9.59 Å². The number of aromatic nitrogens is 1. The summed E-state index contributed by atoms with van der Waals surface area (Å²) in [5, 5.41) is 3.51. The first-order valence-corrected chi connectivity index (χ1v) is 8.12. The van der Waals surface area contributed by atoms with Gasteiger partial charge < -0.3 is 4.42 Å². The molecule has 0 saturated carbocycles. The smallest absolute Gasteiger partial charge is 0.264 e. The number of rotatable bonds is 2. The zero-order chi connectivity index (χ0) is 16.7. The molecule has 4 rings (SSSR count). The average Bonchev–Trinajstić information content (AvgIpc) is 2.96. The van der Waals surface area contributed by atoms with Gasteiger partial charge in [-0.2, -0.15) is 0 Å². The largest absolute Gasteiger partial charge is 0.463 e. The average molecular weight is 336 g/mol. The molecule has 0 aliphatic heterocycles. The SMILES string of the molecule is Cc1ccc2nc(NC(=O)c3coc4ccccc4c3=O)sc2c1. The number of aryl methyl sites for hydroxylation is 1. The molecule has 0 aliphatic rings. The van der Waals surface area contributed by atoms with Crippen molar-refractivity contribution in [3.63, 3.8) is 0 Å². The van der Waals surface area contributed by atoms with Crippen LogP contribution in [0.3, 0.4) is 0 Å². The number of anilines is 1. The molecule has 6 heteroatoms. The second-order valence-electron chi connectivity index (χ2n) is 5.42. The molecule has 24 heavy (non-hydrogen) atoms. The van der Waals surface area contributed by atoms with Crippen molar-refractivity contribution in [3.8, 4) is 0 Å². The van der Waals surface area contributed by atoms with Crippen LogP contribution in [0, 0.1) is 6.92 Å². The van der Waals surface area contributed by atoms with Crippen LogP contribution in [-0.4, -0.2) is 10.9 Å². The highest BCUT2D eigenvalue weighted by Gasteiger charge is 2.16. The summed E-state index contributed by atoms with van der Waals surface area (Å²) in [4.78, 5) is 29.2. The third kappa shape index (κ3) is 2.47. The minimum Gasteiger partial charge on any atom is -0.463 e. The summed E-state index contributed by atoms with van der Waals surface area (Å²) < 4.78 is 6.36. The summed E-state index contributed by atoms with van der Waals surface area (Å²) in [6.07, 6.45) is 1.19. The van der Waals surface area contributed by atoms with Gasteiger partial charge in [0.05, 0.1) is 15.6 Å². The number of carbonyl (C=O) groups excluding carboxylic acids is 1. The van der Waals surface area contributed by atoms with Gasteiger partial charge in [-0.05, 0) is 36.8 Å². The number of amides is 1. The maximum absolute atomic E-state index is 12.4. The van der Waals surface area contributed by atoms with E-state index in [0.29, 0.717) is 16.1 Å². The summed E-state index contributed by atoms with van der Waals surface area (Å²) in [7, 11) is 0. The van der Waals surface area contributed by atoms with E-state index in [1.807, 2.05) is 25.1 Å². The first-order valence-electron chi connectivity index (χ1n) is 7.31. The maximum Gasteiger partial charge on any atom is 0.264 e. The second-order valence-corrected chi connectivity index (χ2v) is 6.45. The third-order valence-electron chi connectivity index (χ3n) is 3.69. The first-order chi connectivity index (χ1) is 11.6. The lowest BCUT2D eigenvalue weighted by Crippen LogP contribution is -2.21. The lowest BCUT2D eigenvalue weighted by Gasteiger charge is -2.02. The highest BCUT2D eigenvalue weighted by atomic mass is 32.1. The lowest BCUT2D eigenvalue weighted by molar-refractivity contribution is 0.102. The minimum absolute atomic E-state index is 0.0378. The van der Waals surface area contributed by atoms with Crippen LogP contribution in [0.2, 0.25) is 0 Å². The van der Waals surface area contributed by atoms with E-state index in [0.717, 1.165) is 15.8 Å². The van der Waals surface area contributed by atoms with E-state index < -0.39 is 5.91 Å². The molecule has 1 amide bonds. The lowest BCUT2D eigenvalue weighted by atomic mass is 10.1. The number of para-hydroxylation sites is 1. The van der Waals surface area contributed by atoms with Crippen LogP contribution in [-0.2, 0) is 0 Å². The Labute approximate surface area is 140 Å². The Morgan fingerprint density at radius 1 is 1.21 bits per heavy atom. The quantitative estimate of drug-likeness (QED) is 0.601. The Kier molecular flexibility index (Phi) is 3.39. The van der Waals surface area contributed by atoms with Crippen molar-refractivity contribution in [1.29, 1.82) is 0 Å². The van der Waals surface area contributed by atoms with E-state index in [4.69, 9.17) is 4.42 Å². The molecule has 0 fully saturated rings. The normalized spacial score (nSPS) is 11.0. The van der Waals surface area contributed by atoms with Gasteiger partial charge >= 0.3 is 0 Å². The number of fused-ring (bicyclic) bond motifs is 2. The van der Waals surface area contributed by atoms with Gasteiger partial charge in [0.2, 0.25) is 5.43 Å². The summed E-state index contributed by atoms with van der Waals surface area (Å²) in [6.45, 7) is 2.00. The van der Waals surface area contributed by atoms with E-state index in [1.165, 1.54) is 17.6 Å². The number of benzene rings is 2. The molecule has 118 valence electrons. The fourth-order valence-electron chi connectivity index (χ4n) is 2.48. The summed E-state index contributed by atoms with van der Waals surface area (Å²) in [5.74, 6) is -0.523. The number of hydrogen-bond acceptors (Lipinski definition) is 5. The van der Waals surface area contributed by atoms with Gasteiger partial charge in [-0.25, -0.2) is 4.98 Å². The van der Waals surface area contributed by atoms with Crippen LogP contribution in [0.25, 0.3) is 21.2 Å². The summed E-state index contributed by atoms with van der Waals surface area (Å²) in [6, 6.07) is 12.7. The van der Waals surface area contributed by atoms with Gasteiger partial charge in [-0.15, -0.1) is 0 Å². The van der Waals surface area contributed by atoms with Crippen LogP contribution < -0.4 is 10.7 Å². The van der Waals surface area contributed by atoms with Gasteiger partial charge in [0, 0.05) is 0 Å². The number of hydrogen-bond donors (Lipinski definition) is 1. The van der Waals surface area contributed by atoms with Gasteiger partial charge in [-0.3, -0.25) is 14.9 Å². The molecule has 0 unspecified atom stereocenters. The number of thiazole rings is 1. The minimum atomic E-state index is -0.523. The molecule has 0 spiro atoms. The van der Waals surface area contributed by atoms with Crippen LogP contribution >= 0.6 is 11.3 Å². The van der Waals surface area contributed by atoms with Crippen molar-refractivity contribution in [3.05, 3.63) is 70.1 Å². The number of nitrogens with zero attached hydrogens (tertiary/aromatic N) is 1. The molecule has 0 bridgehead atoms. The van der Waals surface area contributed by atoms with E-state index in [2.05, 4.69) is 10.3 Å². The van der Waals surface area contributed by atoms with Crippen molar-refractivity contribution in [2.45, 2.75) is 6.92 Å². The van der Waals surface area contributed by atoms with E-state index in [1.54, 1.807) is 24.3 Å². The molecule has 0 saturated heterocycles. The molecule has 0 aliphatic carbocycles. The fourth-order valence-corrected chi connectivity index (χ4v) is 3.44. The molecule has 0 radical (unpaired) electrons. The highest BCUT2D eigenvalue weighted by molar-refractivity contribution is 7.22. The van der Waals surface area contributed by atoms with Gasteiger partial charge in [-0.1, -0.05) is 29.5 Å². The Balaban J connectivity index is 1.70. The van der Waals surface area contributed by atoms with Crippen molar-refractivity contribution in [2.24, 2.45) is 0 Å². The fraction of sp³-hybridized carbons (Fsp3) is 0.0556. The van der Waals surface area contributed by atoms with Crippen LogP contribution in [0.1, 0.15) is 15.9 Å². The molecule has 2 aromatic carbocycles. The van der Waals surface area contributed by atoms with Gasteiger partial charge in [0.1, 0.15) is 17.4 Å². The van der Waals surface area contributed by atoms with Gasteiger partial charge in [0.15, 0.2) is 5.13 Å². The molecule has 1 N–H and O–H groups in total. The molecule has 2 aromatic heterocycles. The maximum atomic E-state index is 12.4. The Morgan fingerprint density at radius 2 is 2.04 bits per heavy atom. The topological polar surface area (TPSA) is 72.2 Å². The van der Waals surface area contributed by atoms with Crippen LogP contribution in [0.5, 0.6) is 0 Å². The molecule has 2 heterocycles. The predicted octanol–water partition coefficient (Wildman–Crippen LogP) is 3.96. The molecule has 5 nitrogen and oxygen atoms in total. The molecule has 4 aromatic rings. The van der Waals surface area contributed by atoms with Crippen molar-refractivity contribution in [2.75, 3.05) is 5.32 Å². The third-order valence-corrected chi connectivity index (χ3v) is 4.62. The highest BCUT2D eigenvalue weighted by Crippen LogP contribution is 2.27. The summed E-state index contributed by atoms with van der Waals surface area (Å²) >= 11 is 1.37. The summed E-state index contributed by atoms with van der Waals surface area (Å²) in [5.41, 5.74) is 2.00. The monoisotopic (exact) mass is 336 g/mol. The number of carbonyl (C=O) groups is 1.